The first-order valence-electron chi connectivity index (χ1n) is 3.97. The highest BCUT2D eigenvalue weighted by molar-refractivity contribution is 7.97. The molecule has 86 valence electrons. The first-order valence-corrected chi connectivity index (χ1v) is 5.61. The molecule has 0 bridgehead atoms. The number of hydrogen-bond donors (Lipinski definition) is 1. The van der Waals surface area contributed by atoms with Crippen LogP contribution in [-0.4, -0.2) is 66.9 Å². The van der Waals surface area contributed by atoms with Gasteiger partial charge in [0, 0.05) is 14.2 Å². The number of hydrogen-bond acceptors (Lipinski definition) is 4. The molecule has 4 heteroatoms. The van der Waals surface area contributed by atoms with Crippen LogP contribution in [0.4, 0.5) is 0 Å². The molecule has 0 heterocycles. The molecule has 0 aliphatic heterocycles. The van der Waals surface area contributed by atoms with E-state index < -0.39 is 0 Å². The standard InChI is InChI=1S/C3H9N.C2H7N.C2H6O.C2H6S/c1-4(2)3;3*1-3-2/h1-3H3;3H,1-2H3;2*1-2H3. The van der Waals surface area contributed by atoms with Crippen LogP contribution in [0.1, 0.15) is 0 Å². The van der Waals surface area contributed by atoms with Crippen LogP contribution < -0.4 is 5.32 Å². The lowest BCUT2D eigenvalue weighted by molar-refractivity contribution is 0.277. The second kappa shape index (κ2) is 39.7. The van der Waals surface area contributed by atoms with Crippen LogP contribution in [-0.2, 0) is 4.74 Å². The number of rotatable bonds is 0. The lowest BCUT2D eigenvalue weighted by atomic mass is 11.0. The smallest absolute Gasteiger partial charge is 0.0351 e. The summed E-state index contributed by atoms with van der Waals surface area (Å²) in [5, 5.41) is 2.75. The average molecular weight is 212 g/mol. The van der Waals surface area contributed by atoms with Crippen molar-refractivity contribution in [3.8, 4) is 0 Å². The van der Waals surface area contributed by atoms with Crippen LogP contribution in [0.3, 0.4) is 0 Å². The van der Waals surface area contributed by atoms with E-state index in [9.17, 15) is 0 Å². The maximum Gasteiger partial charge on any atom is 0.0351 e. The Morgan fingerprint density at radius 1 is 1.00 bits per heavy atom. The molecule has 0 aliphatic carbocycles. The van der Waals surface area contributed by atoms with Gasteiger partial charge in [-0.25, -0.2) is 0 Å². The Morgan fingerprint density at radius 2 is 1.00 bits per heavy atom. The molecule has 3 nitrogen and oxygen atoms in total. The Labute approximate surface area is 89.2 Å². The van der Waals surface area contributed by atoms with Gasteiger partial charge in [-0.3, -0.25) is 0 Å². The average Bonchev–Trinajstić information content (AvgIpc) is 1.88. The fourth-order valence-corrected chi connectivity index (χ4v) is 0. The molecule has 0 saturated heterocycles. The van der Waals surface area contributed by atoms with Crippen LogP contribution in [0.15, 0.2) is 0 Å². The summed E-state index contributed by atoms with van der Waals surface area (Å²) in [5.74, 6) is 0. The Hall–Kier alpha value is 0.230. The van der Waals surface area contributed by atoms with Gasteiger partial charge in [-0.15, -0.1) is 0 Å². The van der Waals surface area contributed by atoms with E-state index in [0.29, 0.717) is 0 Å². The second-order valence-electron chi connectivity index (χ2n) is 2.66. The van der Waals surface area contributed by atoms with Crippen molar-refractivity contribution in [2.45, 2.75) is 0 Å². The molecule has 0 unspecified atom stereocenters. The Kier molecular flexibility index (Phi) is 71.0. The Balaban J connectivity index is -0.0000000420. The predicted octanol–water partition coefficient (Wildman–Crippen LogP) is 1.26. The highest BCUT2D eigenvalue weighted by Gasteiger charge is 1.58. The van der Waals surface area contributed by atoms with E-state index in [2.05, 4.69) is 10.1 Å². The van der Waals surface area contributed by atoms with E-state index in [0.717, 1.165) is 0 Å². The van der Waals surface area contributed by atoms with Gasteiger partial charge in [0.15, 0.2) is 0 Å². The van der Waals surface area contributed by atoms with Crippen LogP contribution in [0.25, 0.3) is 0 Å². The van der Waals surface area contributed by atoms with Crippen molar-refractivity contribution in [2.75, 3.05) is 62.0 Å². The van der Waals surface area contributed by atoms with E-state index in [-0.39, 0.29) is 0 Å². The Morgan fingerprint density at radius 3 is 1.00 bits per heavy atom. The third-order valence-corrected chi connectivity index (χ3v) is 0. The van der Waals surface area contributed by atoms with Crippen molar-refractivity contribution >= 4 is 11.8 Å². The molecule has 0 saturated carbocycles. The number of ether oxygens (including phenoxy) is 1. The van der Waals surface area contributed by atoms with Gasteiger partial charge < -0.3 is 15.0 Å². The van der Waals surface area contributed by atoms with E-state index >= 15 is 0 Å². The highest BCUT2D eigenvalue weighted by Crippen LogP contribution is 1.70. The summed E-state index contributed by atoms with van der Waals surface area (Å²) in [7, 11) is 13.0. The van der Waals surface area contributed by atoms with E-state index in [1.165, 1.54) is 0 Å². The minimum atomic E-state index is 1.62. The highest BCUT2D eigenvalue weighted by atomic mass is 32.2. The molecule has 0 atom stereocenters. The maximum atomic E-state index is 4.25. The zero-order valence-corrected chi connectivity index (χ0v) is 11.6. The lowest BCUT2D eigenvalue weighted by Crippen LogP contribution is -1.99. The fraction of sp³-hybridized carbons (Fsp3) is 1.00. The molecule has 0 aromatic carbocycles. The number of nitrogens with zero attached hydrogens (tertiary/aromatic N) is 1. The van der Waals surface area contributed by atoms with Crippen molar-refractivity contribution < 1.29 is 4.74 Å². The molecule has 13 heavy (non-hydrogen) atoms. The molecule has 0 radical (unpaired) electrons. The van der Waals surface area contributed by atoms with Crippen molar-refractivity contribution in [2.24, 2.45) is 0 Å². The molecule has 0 amide bonds. The molecule has 0 spiro atoms. The maximum absolute atomic E-state index is 4.25. The zero-order valence-electron chi connectivity index (χ0n) is 10.8. The largest absolute Gasteiger partial charge is 0.388 e. The normalized spacial score (nSPS) is 6.92. The molecular formula is C9H28N2OS. The molecule has 0 aromatic rings. The fourth-order valence-electron chi connectivity index (χ4n) is 0. The van der Waals surface area contributed by atoms with Crippen molar-refractivity contribution in [3.05, 3.63) is 0 Å². The Bertz CT molecular complexity index is 39.1. The second-order valence-corrected chi connectivity index (χ2v) is 3.47. The monoisotopic (exact) mass is 212 g/mol. The van der Waals surface area contributed by atoms with Gasteiger partial charge in [0.05, 0.1) is 0 Å². The summed E-state index contributed by atoms with van der Waals surface area (Å²) in [6.45, 7) is 0. The third kappa shape index (κ3) is 24200. The topological polar surface area (TPSA) is 24.5 Å². The van der Waals surface area contributed by atoms with Crippen LogP contribution in [0, 0.1) is 0 Å². The minimum absolute atomic E-state index is 1.62. The minimum Gasteiger partial charge on any atom is -0.388 e. The molecule has 1 N–H and O–H groups in total. The molecule has 0 fully saturated rings. The van der Waals surface area contributed by atoms with Crippen LogP contribution in [0.2, 0.25) is 0 Å². The lowest BCUT2D eigenvalue weighted by Gasteiger charge is -1.90. The van der Waals surface area contributed by atoms with E-state index in [1.54, 1.807) is 26.0 Å². The summed E-state index contributed by atoms with van der Waals surface area (Å²) in [6, 6.07) is 0. The zero-order chi connectivity index (χ0) is 11.7. The number of thioether (sulfide) groups is 1. The summed E-state index contributed by atoms with van der Waals surface area (Å²) in [6.07, 6.45) is 4.08. The first-order chi connectivity index (χ1) is 5.97. The summed E-state index contributed by atoms with van der Waals surface area (Å²) >= 11 is 1.75. The first kappa shape index (κ1) is 23.2. The number of methoxy groups -OCH3 is 1. The van der Waals surface area contributed by atoms with Gasteiger partial charge in [-0.2, -0.15) is 11.8 Å². The summed E-state index contributed by atoms with van der Waals surface area (Å²) in [5.41, 5.74) is 0. The van der Waals surface area contributed by atoms with Crippen molar-refractivity contribution in [1.82, 2.24) is 10.2 Å². The van der Waals surface area contributed by atoms with Crippen LogP contribution in [0.5, 0.6) is 0 Å². The summed E-state index contributed by atoms with van der Waals surface area (Å²) in [4.78, 5) is 2.00. The molecule has 0 aliphatic rings. The van der Waals surface area contributed by atoms with Gasteiger partial charge in [-0.1, -0.05) is 0 Å². The van der Waals surface area contributed by atoms with Gasteiger partial charge in [0.2, 0.25) is 0 Å². The molecular weight excluding hydrogens is 184 g/mol. The van der Waals surface area contributed by atoms with E-state index in [1.807, 2.05) is 52.6 Å². The number of nitrogens with one attached hydrogen (secondary N) is 1. The SMILES string of the molecule is CN(C)C.CNC.COC.CSC. The predicted molar refractivity (Wildman–Crippen MR) is 67.0 cm³/mol. The van der Waals surface area contributed by atoms with Gasteiger partial charge in [-0.05, 0) is 47.7 Å². The van der Waals surface area contributed by atoms with Crippen molar-refractivity contribution in [3.63, 3.8) is 0 Å². The quantitative estimate of drug-likeness (QED) is 0.653. The van der Waals surface area contributed by atoms with Crippen molar-refractivity contribution in [1.29, 1.82) is 0 Å². The third-order valence-electron chi connectivity index (χ3n) is 0. The summed E-state index contributed by atoms with van der Waals surface area (Å²) < 4.78 is 4.25. The van der Waals surface area contributed by atoms with E-state index in [4.69, 9.17) is 0 Å². The van der Waals surface area contributed by atoms with Gasteiger partial charge >= 0.3 is 0 Å². The molecule has 0 rings (SSSR count). The van der Waals surface area contributed by atoms with Gasteiger partial charge in [0.1, 0.15) is 0 Å². The molecule has 0 aromatic heterocycles. The van der Waals surface area contributed by atoms with Gasteiger partial charge in [0.25, 0.3) is 0 Å². The van der Waals surface area contributed by atoms with Crippen LogP contribution >= 0.6 is 11.8 Å².